The minimum absolute atomic E-state index is 0.0664. The maximum absolute atomic E-state index is 12.2. The van der Waals surface area contributed by atoms with E-state index >= 15 is 0 Å². The minimum Gasteiger partial charge on any atom is -0.198 e. The molecule has 0 aliphatic rings. The third-order valence-electron chi connectivity index (χ3n) is 1.68. The monoisotopic (exact) mass is 217 g/mol. The molecule has 0 radical (unpaired) electrons. The first-order valence-electron chi connectivity index (χ1n) is 3.71. The van der Waals surface area contributed by atoms with Crippen molar-refractivity contribution in [2.75, 3.05) is 0 Å². The maximum Gasteiger partial charge on any atom is 0.416 e. The molecule has 0 atom stereocenters. The molecule has 0 unspecified atom stereocenters. The van der Waals surface area contributed by atoms with Gasteiger partial charge in [-0.1, -0.05) is 6.07 Å². The zero-order chi connectivity index (χ0) is 10.8. The van der Waals surface area contributed by atoms with E-state index in [9.17, 15) is 13.2 Å². The molecule has 74 valence electrons. The highest BCUT2D eigenvalue weighted by Gasteiger charge is 2.30. The van der Waals surface area contributed by atoms with Gasteiger partial charge < -0.3 is 0 Å². The maximum atomic E-state index is 12.2. The molecule has 1 aromatic rings. The van der Waals surface area contributed by atoms with Crippen molar-refractivity contribution in [2.24, 2.45) is 0 Å². The van der Waals surface area contributed by atoms with Crippen LogP contribution in [0, 0.1) is 11.3 Å². The van der Waals surface area contributed by atoms with Crippen LogP contribution < -0.4 is 0 Å². The van der Waals surface area contributed by atoms with E-state index in [2.05, 4.69) is 12.6 Å². The van der Waals surface area contributed by atoms with Gasteiger partial charge in [-0.2, -0.15) is 18.4 Å². The summed E-state index contributed by atoms with van der Waals surface area (Å²) in [6.07, 6.45) is -4.29. The fraction of sp³-hybridized carbons (Fsp3) is 0.222. The zero-order valence-corrected chi connectivity index (χ0v) is 7.86. The molecule has 0 aliphatic heterocycles. The molecule has 0 aromatic heterocycles. The molecule has 0 saturated heterocycles. The van der Waals surface area contributed by atoms with Gasteiger partial charge in [0.15, 0.2) is 0 Å². The molecule has 0 amide bonds. The van der Waals surface area contributed by atoms with Crippen molar-refractivity contribution in [3.63, 3.8) is 0 Å². The Labute approximate surface area is 84.6 Å². The number of halogens is 3. The molecule has 0 N–H and O–H groups in total. The number of rotatable bonds is 1. The third kappa shape index (κ3) is 2.42. The fourth-order valence-corrected chi connectivity index (χ4v) is 1.27. The average Bonchev–Trinajstić information content (AvgIpc) is 2.07. The molecule has 5 heteroatoms. The highest BCUT2D eigenvalue weighted by atomic mass is 32.1. The van der Waals surface area contributed by atoms with Crippen LogP contribution in [-0.4, -0.2) is 0 Å². The van der Waals surface area contributed by atoms with E-state index in [1.807, 2.05) is 6.07 Å². The molecule has 0 heterocycles. The molecular weight excluding hydrogens is 211 g/mol. The predicted molar refractivity (Wildman–Crippen MR) is 48.0 cm³/mol. The van der Waals surface area contributed by atoms with Crippen LogP contribution in [0.1, 0.15) is 11.1 Å². The van der Waals surface area contributed by atoms with Gasteiger partial charge in [0, 0.05) is 4.90 Å². The second-order valence-electron chi connectivity index (χ2n) is 2.68. The first kappa shape index (κ1) is 10.9. The highest BCUT2D eigenvalue weighted by Crippen LogP contribution is 2.31. The van der Waals surface area contributed by atoms with Crippen LogP contribution in [0.5, 0.6) is 0 Å². The molecule has 1 aromatic carbocycles. The van der Waals surface area contributed by atoms with Crippen molar-refractivity contribution < 1.29 is 13.2 Å². The van der Waals surface area contributed by atoms with Gasteiger partial charge in [0.2, 0.25) is 0 Å². The van der Waals surface area contributed by atoms with E-state index < -0.39 is 11.7 Å². The Morgan fingerprint density at radius 2 is 2.00 bits per heavy atom. The molecule has 0 fully saturated rings. The smallest absolute Gasteiger partial charge is 0.198 e. The lowest BCUT2D eigenvalue weighted by Crippen LogP contribution is -2.05. The van der Waals surface area contributed by atoms with E-state index in [4.69, 9.17) is 5.26 Å². The van der Waals surface area contributed by atoms with Gasteiger partial charge in [0.25, 0.3) is 0 Å². The lowest BCUT2D eigenvalue weighted by Gasteiger charge is -2.08. The SMILES string of the molecule is N#CCc1ccc(C(F)(F)F)cc1S. The Hall–Kier alpha value is -1.15. The van der Waals surface area contributed by atoms with E-state index in [1.165, 1.54) is 6.07 Å². The summed E-state index contributed by atoms with van der Waals surface area (Å²) in [4.78, 5) is 0.196. The van der Waals surface area contributed by atoms with E-state index in [1.54, 1.807) is 0 Å². The Balaban J connectivity index is 3.08. The molecule has 0 spiro atoms. The molecule has 0 bridgehead atoms. The van der Waals surface area contributed by atoms with Crippen LogP contribution in [-0.2, 0) is 12.6 Å². The lowest BCUT2D eigenvalue weighted by atomic mass is 10.1. The number of hydrogen-bond acceptors (Lipinski definition) is 2. The molecule has 0 aliphatic carbocycles. The first-order chi connectivity index (χ1) is 6.45. The third-order valence-corrected chi connectivity index (χ3v) is 2.10. The fourth-order valence-electron chi connectivity index (χ4n) is 0.975. The molecule has 1 nitrogen and oxygen atoms in total. The van der Waals surface area contributed by atoms with Gasteiger partial charge in [0.05, 0.1) is 18.1 Å². The quantitative estimate of drug-likeness (QED) is 0.718. The number of hydrogen-bond donors (Lipinski definition) is 1. The van der Waals surface area contributed by atoms with E-state index in [0.717, 1.165) is 12.1 Å². The summed E-state index contributed by atoms with van der Waals surface area (Å²) in [6, 6.07) is 5.00. The second kappa shape index (κ2) is 3.93. The van der Waals surface area contributed by atoms with Crippen LogP contribution in [0.25, 0.3) is 0 Å². The van der Waals surface area contributed by atoms with Crippen molar-refractivity contribution in [3.05, 3.63) is 29.3 Å². The average molecular weight is 217 g/mol. The topological polar surface area (TPSA) is 23.8 Å². The van der Waals surface area contributed by atoms with Crippen LogP contribution in [0.3, 0.4) is 0 Å². The van der Waals surface area contributed by atoms with Crippen molar-refractivity contribution >= 4 is 12.6 Å². The molecule has 0 saturated carbocycles. The van der Waals surface area contributed by atoms with Gasteiger partial charge in [-0.3, -0.25) is 0 Å². The first-order valence-corrected chi connectivity index (χ1v) is 4.16. The lowest BCUT2D eigenvalue weighted by molar-refractivity contribution is -0.137. The van der Waals surface area contributed by atoms with Crippen molar-refractivity contribution in [1.82, 2.24) is 0 Å². The minimum atomic E-state index is -4.36. The summed E-state index contributed by atoms with van der Waals surface area (Å²) < 4.78 is 36.6. The summed E-state index contributed by atoms with van der Waals surface area (Å²) in [7, 11) is 0. The van der Waals surface area contributed by atoms with Gasteiger partial charge in [-0.05, 0) is 17.7 Å². The number of alkyl halides is 3. The predicted octanol–water partition coefficient (Wildman–Crippen LogP) is 3.06. The van der Waals surface area contributed by atoms with Crippen molar-refractivity contribution in [3.8, 4) is 6.07 Å². The summed E-state index contributed by atoms with van der Waals surface area (Å²) in [6.45, 7) is 0. The van der Waals surface area contributed by atoms with Crippen LogP contribution in [0.2, 0.25) is 0 Å². The zero-order valence-electron chi connectivity index (χ0n) is 6.97. The number of nitriles is 1. The van der Waals surface area contributed by atoms with Gasteiger partial charge in [0.1, 0.15) is 0 Å². The number of nitrogens with zero attached hydrogens (tertiary/aromatic N) is 1. The summed E-state index contributed by atoms with van der Waals surface area (Å²) in [5, 5.41) is 8.37. The summed E-state index contributed by atoms with van der Waals surface area (Å²) in [5.41, 5.74) is -0.243. The van der Waals surface area contributed by atoms with Gasteiger partial charge >= 0.3 is 6.18 Å². The Kier molecular flexibility index (Phi) is 3.06. The van der Waals surface area contributed by atoms with Crippen LogP contribution in [0.4, 0.5) is 13.2 Å². The van der Waals surface area contributed by atoms with Crippen molar-refractivity contribution in [1.29, 1.82) is 5.26 Å². The second-order valence-corrected chi connectivity index (χ2v) is 3.16. The Morgan fingerprint density at radius 3 is 2.43 bits per heavy atom. The summed E-state index contributed by atoms with van der Waals surface area (Å²) >= 11 is 3.88. The van der Waals surface area contributed by atoms with Gasteiger partial charge in [-0.25, -0.2) is 0 Å². The molecular formula is C9H6F3NS. The standard InChI is InChI=1S/C9H6F3NS/c10-9(11,12)7-2-1-6(3-4-13)8(14)5-7/h1-2,5,14H,3H2. The molecule has 1 rings (SSSR count). The van der Waals surface area contributed by atoms with E-state index in [0.29, 0.717) is 5.56 Å². The van der Waals surface area contributed by atoms with Crippen LogP contribution in [0.15, 0.2) is 23.1 Å². The van der Waals surface area contributed by atoms with Gasteiger partial charge in [-0.15, -0.1) is 12.6 Å². The molecule has 14 heavy (non-hydrogen) atoms. The number of benzene rings is 1. The Bertz CT molecular complexity index is 379. The number of thiol groups is 1. The Morgan fingerprint density at radius 1 is 1.36 bits per heavy atom. The highest BCUT2D eigenvalue weighted by molar-refractivity contribution is 7.80. The van der Waals surface area contributed by atoms with Crippen molar-refractivity contribution in [2.45, 2.75) is 17.5 Å². The van der Waals surface area contributed by atoms with E-state index in [-0.39, 0.29) is 11.3 Å². The van der Waals surface area contributed by atoms with Crippen LogP contribution >= 0.6 is 12.6 Å². The largest absolute Gasteiger partial charge is 0.416 e. The normalized spacial score (nSPS) is 11.1. The summed E-state index contributed by atoms with van der Waals surface area (Å²) in [5.74, 6) is 0.